The Morgan fingerprint density at radius 1 is 0.722 bits per heavy atom. The second-order valence-corrected chi connectivity index (χ2v) is 5.26. The standard InChI is InChI=1S/C17H21N/c1-2-4-8-14-11-12-17(18-13-7-3-1)16-10-6-5-9-15(14)16/h5-6,9-12,18H,1-4,7-8,13H2. The lowest BCUT2D eigenvalue weighted by molar-refractivity contribution is 0.624. The third-order valence-electron chi connectivity index (χ3n) is 3.95. The van der Waals surface area contributed by atoms with Crippen LogP contribution in [0.25, 0.3) is 10.8 Å². The van der Waals surface area contributed by atoms with Crippen LogP contribution in [-0.4, -0.2) is 6.54 Å². The molecule has 0 spiro atoms. The third-order valence-corrected chi connectivity index (χ3v) is 3.95. The van der Waals surface area contributed by atoms with E-state index in [1.54, 1.807) is 0 Å². The highest BCUT2D eigenvalue weighted by Crippen LogP contribution is 2.28. The van der Waals surface area contributed by atoms with Crippen molar-refractivity contribution in [3.63, 3.8) is 0 Å². The molecule has 0 unspecified atom stereocenters. The summed E-state index contributed by atoms with van der Waals surface area (Å²) in [6.45, 7) is 1.10. The topological polar surface area (TPSA) is 12.0 Å². The summed E-state index contributed by atoms with van der Waals surface area (Å²) in [5, 5.41) is 6.42. The van der Waals surface area contributed by atoms with Crippen LogP contribution in [0.5, 0.6) is 0 Å². The SMILES string of the molecule is c1ccc2c3ccc(c2c1)CCCCCCCN3. The van der Waals surface area contributed by atoms with Gasteiger partial charge >= 0.3 is 0 Å². The molecule has 0 saturated heterocycles. The van der Waals surface area contributed by atoms with E-state index in [0.29, 0.717) is 0 Å². The molecule has 1 nitrogen and oxygen atoms in total. The summed E-state index contributed by atoms with van der Waals surface area (Å²) >= 11 is 0. The molecule has 1 heterocycles. The molecule has 1 heteroatoms. The minimum atomic E-state index is 1.10. The second-order valence-electron chi connectivity index (χ2n) is 5.26. The Bertz CT molecular complexity index is 482. The van der Waals surface area contributed by atoms with Gasteiger partial charge in [0.25, 0.3) is 0 Å². The van der Waals surface area contributed by atoms with Crippen molar-refractivity contribution in [1.82, 2.24) is 0 Å². The molecule has 2 aromatic rings. The summed E-state index contributed by atoms with van der Waals surface area (Å²) in [5.41, 5.74) is 2.81. The highest BCUT2D eigenvalue weighted by Gasteiger charge is 2.06. The molecule has 0 aromatic heterocycles. The Hall–Kier alpha value is -1.50. The highest BCUT2D eigenvalue weighted by molar-refractivity contribution is 5.96. The summed E-state index contributed by atoms with van der Waals surface area (Å²) in [6, 6.07) is 13.4. The van der Waals surface area contributed by atoms with Crippen LogP contribution >= 0.6 is 0 Å². The van der Waals surface area contributed by atoms with Crippen LogP contribution in [-0.2, 0) is 6.42 Å². The molecule has 3 rings (SSSR count). The monoisotopic (exact) mass is 239 g/mol. The van der Waals surface area contributed by atoms with E-state index < -0.39 is 0 Å². The Morgan fingerprint density at radius 2 is 1.50 bits per heavy atom. The maximum atomic E-state index is 3.60. The van der Waals surface area contributed by atoms with Crippen LogP contribution in [0, 0.1) is 0 Å². The third kappa shape index (κ3) is 2.35. The molecule has 0 amide bonds. The molecule has 1 N–H and O–H groups in total. The van der Waals surface area contributed by atoms with Gasteiger partial charge in [-0.1, -0.05) is 49.6 Å². The van der Waals surface area contributed by atoms with E-state index in [9.17, 15) is 0 Å². The molecule has 0 aliphatic carbocycles. The van der Waals surface area contributed by atoms with Gasteiger partial charge in [-0.25, -0.2) is 0 Å². The minimum absolute atomic E-state index is 1.10. The van der Waals surface area contributed by atoms with Crippen LogP contribution < -0.4 is 5.32 Å². The van der Waals surface area contributed by atoms with Gasteiger partial charge in [0, 0.05) is 17.6 Å². The number of hydrogen-bond donors (Lipinski definition) is 1. The number of rotatable bonds is 0. The van der Waals surface area contributed by atoms with Crippen LogP contribution in [0.4, 0.5) is 5.69 Å². The quantitative estimate of drug-likeness (QED) is 0.699. The zero-order valence-corrected chi connectivity index (χ0v) is 10.9. The first-order valence-corrected chi connectivity index (χ1v) is 7.20. The molecule has 0 saturated carbocycles. The van der Waals surface area contributed by atoms with Crippen LogP contribution in [0.1, 0.15) is 37.7 Å². The Labute approximate surface area is 109 Å². The molecule has 18 heavy (non-hydrogen) atoms. The van der Waals surface area contributed by atoms with Crippen LogP contribution in [0.3, 0.4) is 0 Å². The van der Waals surface area contributed by atoms with Gasteiger partial charge < -0.3 is 5.32 Å². The minimum Gasteiger partial charge on any atom is -0.385 e. The van der Waals surface area contributed by atoms with Crippen molar-refractivity contribution in [2.75, 3.05) is 11.9 Å². The lowest BCUT2D eigenvalue weighted by Gasteiger charge is -2.14. The van der Waals surface area contributed by atoms with Gasteiger partial charge in [0.15, 0.2) is 0 Å². The van der Waals surface area contributed by atoms with Crippen molar-refractivity contribution in [2.45, 2.75) is 38.5 Å². The lowest BCUT2D eigenvalue weighted by Crippen LogP contribution is -2.03. The van der Waals surface area contributed by atoms with Gasteiger partial charge in [0.1, 0.15) is 0 Å². The van der Waals surface area contributed by atoms with Crippen LogP contribution in [0.2, 0.25) is 0 Å². The van der Waals surface area contributed by atoms with E-state index in [4.69, 9.17) is 0 Å². The van der Waals surface area contributed by atoms with Gasteiger partial charge in [-0.05, 0) is 36.3 Å². The zero-order valence-electron chi connectivity index (χ0n) is 10.9. The zero-order chi connectivity index (χ0) is 12.2. The van der Waals surface area contributed by atoms with Gasteiger partial charge in [0.2, 0.25) is 0 Å². The highest BCUT2D eigenvalue weighted by atomic mass is 14.9. The fourth-order valence-corrected chi connectivity index (χ4v) is 2.93. The van der Waals surface area contributed by atoms with Crippen molar-refractivity contribution in [3.8, 4) is 0 Å². The molecule has 1 aliphatic heterocycles. The second kappa shape index (κ2) is 5.43. The maximum absolute atomic E-state index is 3.60. The van der Waals surface area contributed by atoms with E-state index in [-0.39, 0.29) is 0 Å². The Kier molecular flexibility index (Phi) is 3.49. The summed E-state index contributed by atoms with van der Waals surface area (Å²) in [7, 11) is 0. The van der Waals surface area contributed by atoms with Gasteiger partial charge in [-0.3, -0.25) is 0 Å². The number of hydrogen-bond acceptors (Lipinski definition) is 1. The van der Waals surface area contributed by atoms with Crippen molar-refractivity contribution < 1.29 is 0 Å². The predicted molar refractivity (Wildman–Crippen MR) is 79.2 cm³/mol. The summed E-state index contributed by atoms with van der Waals surface area (Å²) in [5.74, 6) is 0. The van der Waals surface area contributed by atoms with Crippen molar-refractivity contribution in [3.05, 3.63) is 42.0 Å². The molecule has 1 aliphatic rings. The molecular weight excluding hydrogens is 218 g/mol. The van der Waals surface area contributed by atoms with Gasteiger partial charge in [-0.15, -0.1) is 0 Å². The molecule has 2 aromatic carbocycles. The molecule has 0 radical (unpaired) electrons. The normalized spacial score (nSPS) is 16.9. The van der Waals surface area contributed by atoms with E-state index in [1.807, 2.05) is 0 Å². The Balaban J connectivity index is 2.06. The number of nitrogens with one attached hydrogen (secondary N) is 1. The van der Waals surface area contributed by atoms with E-state index in [0.717, 1.165) is 6.54 Å². The van der Waals surface area contributed by atoms with Crippen LogP contribution in [0.15, 0.2) is 36.4 Å². The molecule has 0 atom stereocenters. The van der Waals surface area contributed by atoms with Crippen molar-refractivity contribution >= 4 is 16.5 Å². The van der Waals surface area contributed by atoms with Gasteiger partial charge in [0.05, 0.1) is 0 Å². The predicted octanol–water partition coefficient (Wildman–Crippen LogP) is 4.76. The first kappa shape index (κ1) is 11.6. The fourth-order valence-electron chi connectivity index (χ4n) is 2.93. The largest absolute Gasteiger partial charge is 0.385 e. The lowest BCUT2D eigenvalue weighted by atomic mass is 9.97. The average molecular weight is 239 g/mol. The summed E-state index contributed by atoms with van der Waals surface area (Å²) < 4.78 is 0. The molecular formula is C17H21N. The number of fused-ring (bicyclic) bond motifs is 6. The summed E-state index contributed by atoms with van der Waals surface area (Å²) in [4.78, 5) is 0. The number of aryl methyl sites for hydroxylation is 1. The summed E-state index contributed by atoms with van der Waals surface area (Å²) in [6.07, 6.45) is 7.96. The van der Waals surface area contributed by atoms with Gasteiger partial charge in [-0.2, -0.15) is 0 Å². The molecule has 0 fully saturated rings. The van der Waals surface area contributed by atoms with E-state index in [1.165, 1.54) is 60.5 Å². The maximum Gasteiger partial charge on any atom is 0.0420 e. The van der Waals surface area contributed by atoms with Crippen molar-refractivity contribution in [1.29, 1.82) is 0 Å². The fraction of sp³-hybridized carbons (Fsp3) is 0.412. The number of anilines is 1. The first-order chi connectivity index (χ1) is 8.95. The Morgan fingerprint density at radius 3 is 2.44 bits per heavy atom. The smallest absolute Gasteiger partial charge is 0.0420 e. The first-order valence-electron chi connectivity index (χ1n) is 7.20. The van der Waals surface area contributed by atoms with Crippen molar-refractivity contribution in [2.24, 2.45) is 0 Å². The van der Waals surface area contributed by atoms with E-state index in [2.05, 4.69) is 41.7 Å². The molecule has 94 valence electrons. The van der Waals surface area contributed by atoms with E-state index >= 15 is 0 Å². The average Bonchev–Trinajstić information content (AvgIpc) is 2.40. The molecule has 2 bridgehead atoms. The number of benzene rings is 2.